The third kappa shape index (κ3) is 2.48. The Hall–Kier alpha value is -2.05. The highest BCUT2D eigenvalue weighted by Gasteiger charge is 2.09. The number of nitrogens with zero attached hydrogens (tertiary/aromatic N) is 3. The van der Waals surface area contributed by atoms with Crippen LogP contribution in [0.25, 0.3) is 10.9 Å². The number of aromatic nitrogens is 4. The largest absolute Gasteiger partial charge is 0.323 e. The van der Waals surface area contributed by atoms with Gasteiger partial charge < -0.3 is 5.32 Å². The van der Waals surface area contributed by atoms with E-state index in [-0.39, 0.29) is 0 Å². The summed E-state index contributed by atoms with van der Waals surface area (Å²) in [5.41, 5.74) is 1.73. The van der Waals surface area contributed by atoms with Crippen LogP contribution in [0.3, 0.4) is 0 Å². The number of benzene rings is 1. The number of aryl methyl sites for hydroxylation is 1. The smallest absolute Gasteiger partial charge is 0.165 e. The second-order valence-corrected chi connectivity index (χ2v) is 4.94. The fourth-order valence-corrected chi connectivity index (χ4v) is 2.15. The van der Waals surface area contributed by atoms with Gasteiger partial charge in [0.2, 0.25) is 0 Å². The van der Waals surface area contributed by atoms with Crippen LogP contribution >= 0.6 is 23.8 Å². The number of hydrogen-bond donors (Lipinski definition) is 2. The van der Waals surface area contributed by atoms with Crippen molar-refractivity contribution in [2.24, 2.45) is 0 Å². The SMILES string of the molecule is Cc1cc(Nc2nc(C=S)nc3ccc(Cl)cc23)n[nH]1. The number of H-pyrrole nitrogens is 1. The minimum absolute atomic E-state index is 0.476. The Morgan fingerprint density at radius 1 is 1.30 bits per heavy atom. The molecule has 0 spiro atoms. The molecule has 3 aromatic rings. The molecule has 0 amide bonds. The van der Waals surface area contributed by atoms with Crippen molar-refractivity contribution < 1.29 is 0 Å². The van der Waals surface area contributed by atoms with E-state index in [0.29, 0.717) is 22.5 Å². The number of halogens is 1. The van der Waals surface area contributed by atoms with Gasteiger partial charge in [-0.1, -0.05) is 23.8 Å². The average molecular weight is 304 g/mol. The number of rotatable bonds is 3. The standard InChI is InChI=1S/C13H10ClN5S/c1-7-4-11(19-18-7)16-13-9-5-8(14)2-3-10(9)15-12(6-20)17-13/h2-6H,1H3,(H2,15,16,17,18,19). The van der Waals surface area contributed by atoms with Gasteiger partial charge in [-0.2, -0.15) is 5.10 Å². The molecular weight excluding hydrogens is 294 g/mol. The van der Waals surface area contributed by atoms with Crippen LogP contribution in [0.4, 0.5) is 11.6 Å². The first-order valence-corrected chi connectivity index (χ1v) is 6.72. The molecule has 0 aliphatic carbocycles. The van der Waals surface area contributed by atoms with E-state index in [2.05, 4.69) is 25.5 Å². The van der Waals surface area contributed by atoms with Gasteiger partial charge in [-0.25, -0.2) is 9.97 Å². The summed E-state index contributed by atoms with van der Waals surface area (Å²) in [6.07, 6.45) is 0. The quantitative estimate of drug-likeness (QED) is 0.726. The highest BCUT2D eigenvalue weighted by molar-refractivity contribution is 7.79. The zero-order chi connectivity index (χ0) is 14.1. The Balaban J connectivity index is 2.15. The van der Waals surface area contributed by atoms with Crippen molar-refractivity contribution >= 4 is 51.7 Å². The highest BCUT2D eigenvalue weighted by Crippen LogP contribution is 2.26. The normalized spacial score (nSPS) is 10.7. The maximum absolute atomic E-state index is 6.04. The molecule has 2 N–H and O–H groups in total. The van der Waals surface area contributed by atoms with Gasteiger partial charge >= 0.3 is 0 Å². The molecule has 0 unspecified atom stereocenters. The van der Waals surface area contributed by atoms with E-state index < -0.39 is 0 Å². The molecule has 0 radical (unpaired) electrons. The molecule has 0 saturated carbocycles. The van der Waals surface area contributed by atoms with Crippen LogP contribution in [0.5, 0.6) is 0 Å². The fraction of sp³-hybridized carbons (Fsp3) is 0.0769. The molecule has 0 atom stereocenters. The lowest BCUT2D eigenvalue weighted by Gasteiger charge is -2.07. The van der Waals surface area contributed by atoms with Crippen LogP contribution in [0.1, 0.15) is 11.5 Å². The molecule has 0 bridgehead atoms. The average Bonchev–Trinajstić information content (AvgIpc) is 2.84. The summed E-state index contributed by atoms with van der Waals surface area (Å²) in [7, 11) is 0. The number of fused-ring (bicyclic) bond motifs is 1. The minimum atomic E-state index is 0.476. The van der Waals surface area contributed by atoms with Gasteiger partial charge in [-0.3, -0.25) is 5.10 Å². The van der Waals surface area contributed by atoms with E-state index in [1.54, 1.807) is 6.07 Å². The summed E-state index contributed by atoms with van der Waals surface area (Å²) in [5.74, 6) is 1.78. The summed E-state index contributed by atoms with van der Waals surface area (Å²) in [6.45, 7) is 1.93. The third-order valence-corrected chi connectivity index (χ3v) is 3.18. The van der Waals surface area contributed by atoms with Crippen LogP contribution < -0.4 is 5.32 Å². The summed E-state index contributed by atoms with van der Waals surface area (Å²) < 4.78 is 0. The molecule has 20 heavy (non-hydrogen) atoms. The zero-order valence-corrected chi connectivity index (χ0v) is 12.1. The third-order valence-electron chi connectivity index (χ3n) is 2.73. The first-order chi connectivity index (χ1) is 9.65. The van der Waals surface area contributed by atoms with Crippen molar-refractivity contribution in [3.63, 3.8) is 0 Å². The van der Waals surface area contributed by atoms with E-state index in [0.717, 1.165) is 16.6 Å². The number of hydrogen-bond acceptors (Lipinski definition) is 5. The topological polar surface area (TPSA) is 66.5 Å². The molecule has 1 aromatic carbocycles. The zero-order valence-electron chi connectivity index (χ0n) is 10.5. The lowest BCUT2D eigenvalue weighted by Crippen LogP contribution is -2.01. The van der Waals surface area contributed by atoms with Crippen LogP contribution in [0.15, 0.2) is 24.3 Å². The summed E-state index contributed by atoms with van der Waals surface area (Å²) >= 11 is 10.9. The number of nitrogens with one attached hydrogen (secondary N) is 2. The van der Waals surface area contributed by atoms with Crippen molar-refractivity contribution in [3.05, 3.63) is 40.8 Å². The Labute approximate surface area is 125 Å². The van der Waals surface area contributed by atoms with E-state index in [4.69, 9.17) is 23.8 Å². The first kappa shape index (κ1) is 13.0. The van der Waals surface area contributed by atoms with E-state index in [1.807, 2.05) is 25.1 Å². The molecular formula is C13H10ClN5S. The molecule has 0 saturated heterocycles. The van der Waals surface area contributed by atoms with Gasteiger partial charge in [0.25, 0.3) is 0 Å². The summed E-state index contributed by atoms with van der Waals surface area (Å²) in [5, 5.41) is 13.0. The van der Waals surface area contributed by atoms with Crippen LogP contribution in [-0.2, 0) is 0 Å². The Bertz CT molecular complexity index is 799. The molecule has 3 rings (SSSR count). The minimum Gasteiger partial charge on any atom is -0.323 e. The predicted octanol–water partition coefficient (Wildman–Crippen LogP) is 3.41. The van der Waals surface area contributed by atoms with Crippen molar-refractivity contribution in [2.45, 2.75) is 6.92 Å². The summed E-state index contributed by atoms with van der Waals surface area (Å²) in [6, 6.07) is 7.32. The van der Waals surface area contributed by atoms with E-state index in [9.17, 15) is 0 Å². The molecule has 7 heteroatoms. The second-order valence-electron chi connectivity index (χ2n) is 4.27. The molecule has 0 aliphatic heterocycles. The predicted molar refractivity (Wildman–Crippen MR) is 83.9 cm³/mol. The number of anilines is 2. The number of thiocarbonyl (C=S) groups is 1. The molecule has 5 nitrogen and oxygen atoms in total. The van der Waals surface area contributed by atoms with Crippen LogP contribution in [-0.4, -0.2) is 25.5 Å². The highest BCUT2D eigenvalue weighted by atomic mass is 35.5. The van der Waals surface area contributed by atoms with Crippen LogP contribution in [0.2, 0.25) is 5.02 Å². The van der Waals surface area contributed by atoms with Gasteiger partial charge in [0.05, 0.1) is 5.52 Å². The lowest BCUT2D eigenvalue weighted by molar-refractivity contribution is 1.05. The van der Waals surface area contributed by atoms with E-state index >= 15 is 0 Å². The van der Waals surface area contributed by atoms with E-state index in [1.165, 1.54) is 5.37 Å². The van der Waals surface area contributed by atoms with Gasteiger partial charge in [-0.05, 0) is 25.1 Å². The molecule has 0 fully saturated rings. The van der Waals surface area contributed by atoms with Crippen molar-refractivity contribution in [2.75, 3.05) is 5.32 Å². The summed E-state index contributed by atoms with van der Waals surface area (Å²) in [4.78, 5) is 8.72. The Morgan fingerprint density at radius 2 is 2.15 bits per heavy atom. The molecule has 100 valence electrons. The van der Waals surface area contributed by atoms with Crippen molar-refractivity contribution in [1.29, 1.82) is 0 Å². The molecule has 2 aromatic heterocycles. The van der Waals surface area contributed by atoms with Crippen molar-refractivity contribution in [1.82, 2.24) is 20.2 Å². The van der Waals surface area contributed by atoms with Crippen LogP contribution in [0, 0.1) is 6.92 Å². The van der Waals surface area contributed by atoms with Gasteiger partial charge in [0.15, 0.2) is 11.6 Å². The second kappa shape index (κ2) is 5.15. The molecule has 2 heterocycles. The Kier molecular flexibility index (Phi) is 3.33. The monoisotopic (exact) mass is 303 g/mol. The lowest BCUT2D eigenvalue weighted by atomic mass is 10.2. The number of aromatic amines is 1. The maximum Gasteiger partial charge on any atom is 0.165 e. The maximum atomic E-state index is 6.04. The van der Waals surface area contributed by atoms with Gasteiger partial charge in [-0.15, -0.1) is 0 Å². The first-order valence-electron chi connectivity index (χ1n) is 5.87. The van der Waals surface area contributed by atoms with Gasteiger partial charge in [0.1, 0.15) is 5.82 Å². The van der Waals surface area contributed by atoms with Gasteiger partial charge in [0, 0.05) is 27.5 Å². The molecule has 0 aliphatic rings. The Morgan fingerprint density at radius 3 is 2.85 bits per heavy atom. The fourth-order valence-electron chi connectivity index (χ4n) is 1.87. The van der Waals surface area contributed by atoms with Crippen molar-refractivity contribution in [3.8, 4) is 0 Å².